The molecular formula is C21H29F6N5O5. The maximum atomic E-state index is 10.6. The second-order valence-electron chi connectivity index (χ2n) is 8.64. The Bertz CT molecular complexity index is 981. The predicted molar refractivity (Wildman–Crippen MR) is 116 cm³/mol. The molecule has 37 heavy (non-hydrogen) atoms. The van der Waals surface area contributed by atoms with Crippen molar-refractivity contribution in [3.8, 4) is 0 Å². The molecule has 4 N–H and O–H groups in total. The van der Waals surface area contributed by atoms with E-state index >= 15 is 0 Å². The van der Waals surface area contributed by atoms with E-state index in [1.807, 2.05) is 24.7 Å². The molecule has 0 amide bonds. The molecule has 10 nitrogen and oxygen atoms in total. The van der Waals surface area contributed by atoms with Crippen molar-refractivity contribution in [3.05, 3.63) is 35.5 Å². The van der Waals surface area contributed by atoms with Gasteiger partial charge in [-0.1, -0.05) is 12.1 Å². The number of aryl methyl sites for hydroxylation is 1. The number of halogens is 6. The number of carbonyl (C=O) groups is 2. The molecule has 3 heterocycles. The van der Waals surface area contributed by atoms with E-state index in [4.69, 9.17) is 30.0 Å². The van der Waals surface area contributed by atoms with Gasteiger partial charge in [0.05, 0.1) is 24.3 Å². The summed E-state index contributed by atoms with van der Waals surface area (Å²) >= 11 is 0. The first-order valence-corrected chi connectivity index (χ1v) is 11.0. The van der Waals surface area contributed by atoms with E-state index in [1.54, 1.807) is 0 Å². The molecule has 1 fully saturated rings. The number of aliphatic carboxylic acids is 2. The number of nitrogens with two attached hydrogens (primary N) is 1. The fourth-order valence-electron chi connectivity index (χ4n) is 3.01. The summed E-state index contributed by atoms with van der Waals surface area (Å²) in [5.74, 6) is -3.39. The smallest absolute Gasteiger partial charge is 0.475 e. The zero-order valence-corrected chi connectivity index (χ0v) is 20.3. The van der Waals surface area contributed by atoms with E-state index in [0.717, 1.165) is 56.1 Å². The Morgan fingerprint density at radius 3 is 1.84 bits per heavy atom. The van der Waals surface area contributed by atoms with Gasteiger partial charge in [-0.2, -0.15) is 26.3 Å². The number of carboxylic acids is 2. The number of rotatable bonds is 5. The molecule has 0 bridgehead atoms. The Hall–Kier alpha value is -3.14. The fraction of sp³-hybridized carbons (Fsp3) is 0.619. The average Bonchev–Trinajstić information content (AvgIpc) is 3.43. The van der Waals surface area contributed by atoms with Gasteiger partial charge in [0.15, 0.2) is 0 Å². The molecule has 0 radical (unpaired) electrons. The highest BCUT2D eigenvalue weighted by Gasteiger charge is 2.38. The molecule has 3 rings (SSSR count). The van der Waals surface area contributed by atoms with Gasteiger partial charge in [-0.3, -0.25) is 4.90 Å². The number of aromatic nitrogens is 3. The highest BCUT2D eigenvalue weighted by atomic mass is 19.4. The van der Waals surface area contributed by atoms with Crippen molar-refractivity contribution >= 4 is 11.9 Å². The van der Waals surface area contributed by atoms with Crippen LogP contribution in [0.5, 0.6) is 0 Å². The number of hydrogen-bond donors (Lipinski definition) is 3. The van der Waals surface area contributed by atoms with Gasteiger partial charge in [-0.15, -0.1) is 5.10 Å². The Balaban J connectivity index is 0.000000404. The number of likely N-dealkylation sites (tertiary alicyclic amines) is 1. The van der Waals surface area contributed by atoms with Crippen LogP contribution in [-0.2, 0) is 28.1 Å². The summed E-state index contributed by atoms with van der Waals surface area (Å²) in [5, 5.41) is 22.8. The Morgan fingerprint density at radius 1 is 1.03 bits per heavy atom. The Labute approximate surface area is 208 Å². The molecular weight excluding hydrogens is 516 g/mol. The van der Waals surface area contributed by atoms with Crippen molar-refractivity contribution in [2.75, 3.05) is 13.1 Å². The number of nitrogens with zero attached hydrogens (tertiary/aromatic N) is 4. The Morgan fingerprint density at radius 2 is 1.49 bits per heavy atom. The lowest BCUT2D eigenvalue weighted by Crippen LogP contribution is -2.34. The van der Waals surface area contributed by atoms with Gasteiger partial charge in [0.2, 0.25) is 0 Å². The number of piperidine rings is 1. The first-order chi connectivity index (χ1) is 16.8. The minimum atomic E-state index is -5.08. The summed E-state index contributed by atoms with van der Waals surface area (Å²) in [5.41, 5.74) is 6.50. The lowest BCUT2D eigenvalue weighted by molar-refractivity contribution is -0.193. The van der Waals surface area contributed by atoms with Crippen LogP contribution in [-0.4, -0.2) is 67.5 Å². The summed E-state index contributed by atoms with van der Waals surface area (Å²) < 4.78 is 71.3. The van der Waals surface area contributed by atoms with Crippen molar-refractivity contribution in [3.63, 3.8) is 0 Å². The van der Waals surface area contributed by atoms with Crippen molar-refractivity contribution < 1.29 is 50.6 Å². The van der Waals surface area contributed by atoms with Crippen molar-refractivity contribution in [1.29, 1.82) is 0 Å². The van der Waals surface area contributed by atoms with Crippen LogP contribution in [0.25, 0.3) is 0 Å². The maximum Gasteiger partial charge on any atom is 0.490 e. The average molecular weight is 545 g/mol. The first kappa shape index (κ1) is 31.9. The van der Waals surface area contributed by atoms with E-state index in [-0.39, 0.29) is 0 Å². The molecule has 0 spiro atoms. The second kappa shape index (κ2) is 12.9. The summed E-state index contributed by atoms with van der Waals surface area (Å²) in [4.78, 5) is 20.2. The molecule has 0 saturated carbocycles. The molecule has 2 aromatic rings. The van der Waals surface area contributed by atoms with E-state index < -0.39 is 29.8 Å². The molecule has 0 unspecified atom stereocenters. The molecule has 0 aliphatic carbocycles. The monoisotopic (exact) mass is 545 g/mol. The van der Waals surface area contributed by atoms with Gasteiger partial charge in [-0.25, -0.2) is 14.3 Å². The summed E-state index contributed by atoms with van der Waals surface area (Å²) in [6, 6.07) is 4.59. The van der Waals surface area contributed by atoms with Crippen LogP contribution in [0.15, 0.2) is 22.7 Å². The van der Waals surface area contributed by atoms with Crippen molar-refractivity contribution in [2.45, 2.75) is 70.5 Å². The third-order valence-electron chi connectivity index (χ3n) is 5.03. The molecule has 210 valence electrons. The van der Waals surface area contributed by atoms with Crippen LogP contribution in [0.1, 0.15) is 56.9 Å². The number of alkyl halides is 6. The largest absolute Gasteiger partial charge is 0.490 e. The summed E-state index contributed by atoms with van der Waals surface area (Å²) in [6.07, 6.45) is -5.06. The van der Waals surface area contributed by atoms with Crippen LogP contribution >= 0.6 is 0 Å². The van der Waals surface area contributed by atoms with Crippen LogP contribution < -0.4 is 5.73 Å². The standard InChI is InChI=1S/C17H27N5O.2C2HF3O2/c1-4-14-5-6-15(23-14)11-21-9-7-13(8-10-21)22-12-16(19-20-22)17(2,3)18;2*3-2(4,5)1(6)7/h5-6,12-13H,4,7-11,18H2,1-3H3;2*(H,6,7). The molecule has 2 aromatic heterocycles. The predicted octanol–water partition coefficient (Wildman–Crippen LogP) is 3.73. The summed E-state index contributed by atoms with van der Waals surface area (Å²) in [6.45, 7) is 9.02. The van der Waals surface area contributed by atoms with Gasteiger partial charge in [0, 0.05) is 19.5 Å². The molecule has 0 aromatic carbocycles. The lowest BCUT2D eigenvalue weighted by atomic mass is 10.0. The minimum absolute atomic E-state index is 0.414. The molecule has 0 atom stereocenters. The third kappa shape index (κ3) is 11.2. The molecule has 1 aliphatic rings. The van der Waals surface area contributed by atoms with Crippen LogP contribution in [0, 0.1) is 0 Å². The van der Waals surface area contributed by atoms with Crippen molar-refractivity contribution in [2.24, 2.45) is 5.73 Å². The van der Waals surface area contributed by atoms with Crippen LogP contribution in [0.3, 0.4) is 0 Å². The topological polar surface area (TPSA) is 148 Å². The van der Waals surface area contributed by atoms with Crippen LogP contribution in [0.2, 0.25) is 0 Å². The maximum absolute atomic E-state index is 10.6. The van der Waals surface area contributed by atoms with Gasteiger partial charge < -0.3 is 20.4 Å². The summed E-state index contributed by atoms with van der Waals surface area (Å²) in [7, 11) is 0. The lowest BCUT2D eigenvalue weighted by Gasteiger charge is -2.31. The number of furan rings is 1. The normalized spacial score (nSPS) is 15.3. The highest BCUT2D eigenvalue weighted by molar-refractivity contribution is 5.73. The van der Waals surface area contributed by atoms with E-state index in [9.17, 15) is 26.3 Å². The molecule has 1 aliphatic heterocycles. The Kier molecular flexibility index (Phi) is 11.1. The van der Waals surface area contributed by atoms with Gasteiger partial charge >= 0.3 is 24.3 Å². The molecule has 16 heteroatoms. The zero-order chi connectivity index (χ0) is 28.6. The van der Waals surface area contributed by atoms with E-state index in [2.05, 4.69) is 34.3 Å². The molecule has 1 saturated heterocycles. The fourth-order valence-corrected chi connectivity index (χ4v) is 3.01. The third-order valence-corrected chi connectivity index (χ3v) is 5.03. The SMILES string of the molecule is CCc1ccc(CN2CCC(n3cc(C(C)(C)N)nn3)CC2)o1.O=C(O)C(F)(F)F.O=C(O)C(F)(F)F. The quantitative estimate of drug-likeness (QED) is 0.478. The zero-order valence-electron chi connectivity index (χ0n) is 20.3. The van der Waals surface area contributed by atoms with Gasteiger partial charge in [-0.05, 0) is 38.8 Å². The first-order valence-electron chi connectivity index (χ1n) is 11.0. The van der Waals surface area contributed by atoms with Crippen molar-refractivity contribution in [1.82, 2.24) is 19.9 Å². The number of hydrogen-bond acceptors (Lipinski definition) is 7. The highest BCUT2D eigenvalue weighted by Crippen LogP contribution is 2.25. The number of carboxylic acid groups (broad SMARTS) is 2. The van der Waals surface area contributed by atoms with E-state index in [1.165, 1.54) is 0 Å². The van der Waals surface area contributed by atoms with E-state index in [0.29, 0.717) is 6.04 Å². The minimum Gasteiger partial charge on any atom is -0.475 e. The second-order valence-corrected chi connectivity index (χ2v) is 8.64. The van der Waals surface area contributed by atoms with Gasteiger partial charge in [0.25, 0.3) is 0 Å². The van der Waals surface area contributed by atoms with Crippen LogP contribution in [0.4, 0.5) is 26.3 Å². The van der Waals surface area contributed by atoms with Gasteiger partial charge in [0.1, 0.15) is 17.2 Å².